The number of fused-ring (bicyclic) bond motifs is 1. The van der Waals surface area contributed by atoms with Gasteiger partial charge in [0.05, 0.1) is 16.6 Å². The monoisotopic (exact) mass is 399 g/mol. The van der Waals surface area contributed by atoms with Crippen LogP contribution in [0.4, 0.5) is 5.69 Å². The molecular formula is C18H13N3O4S2. The Balaban J connectivity index is 1.59. The van der Waals surface area contributed by atoms with Crippen molar-refractivity contribution in [3.63, 3.8) is 0 Å². The zero-order valence-electron chi connectivity index (χ0n) is 13.7. The molecule has 0 aliphatic carbocycles. The Morgan fingerprint density at radius 2 is 1.85 bits per heavy atom. The van der Waals surface area contributed by atoms with Crippen LogP contribution in [-0.4, -0.2) is 29.0 Å². The van der Waals surface area contributed by atoms with Gasteiger partial charge in [0.25, 0.3) is 10.0 Å². The molecular weight excluding hydrogens is 386 g/mol. The molecule has 0 saturated carbocycles. The summed E-state index contributed by atoms with van der Waals surface area (Å²) in [6.45, 7) is 0. The Hall–Kier alpha value is -3.17. The second-order valence-electron chi connectivity index (χ2n) is 5.72. The summed E-state index contributed by atoms with van der Waals surface area (Å²) < 4.78 is 29.2. The zero-order chi connectivity index (χ0) is 19.0. The highest BCUT2D eigenvalue weighted by atomic mass is 32.2. The lowest BCUT2D eigenvalue weighted by molar-refractivity contribution is 0.0697. The number of rotatable bonds is 5. The number of aromatic carboxylic acids is 1. The van der Waals surface area contributed by atoms with Gasteiger partial charge in [0.1, 0.15) is 10.5 Å². The number of nitrogens with zero attached hydrogens (tertiary/aromatic N) is 2. The number of aromatic nitrogens is 2. The second kappa shape index (κ2) is 6.53. The van der Waals surface area contributed by atoms with Crippen LogP contribution >= 0.6 is 11.3 Å². The Morgan fingerprint density at radius 1 is 1.11 bits per heavy atom. The van der Waals surface area contributed by atoms with Gasteiger partial charge in [0, 0.05) is 16.8 Å². The predicted octanol–water partition coefficient (Wildman–Crippen LogP) is 3.59. The first-order chi connectivity index (χ1) is 12.9. The van der Waals surface area contributed by atoms with Crippen molar-refractivity contribution < 1.29 is 18.3 Å². The minimum absolute atomic E-state index is 0.0513. The van der Waals surface area contributed by atoms with Crippen LogP contribution in [0.15, 0.2) is 70.5 Å². The molecule has 2 aromatic carbocycles. The topological polar surface area (TPSA) is 101 Å². The van der Waals surface area contributed by atoms with E-state index in [9.17, 15) is 13.2 Å². The van der Waals surface area contributed by atoms with Gasteiger partial charge in [0.15, 0.2) is 0 Å². The summed E-state index contributed by atoms with van der Waals surface area (Å²) in [5.74, 6) is -1.16. The van der Waals surface area contributed by atoms with Crippen LogP contribution in [0.25, 0.3) is 16.7 Å². The van der Waals surface area contributed by atoms with Crippen LogP contribution in [0.1, 0.15) is 10.4 Å². The van der Waals surface area contributed by atoms with Crippen molar-refractivity contribution in [3.8, 4) is 5.69 Å². The van der Waals surface area contributed by atoms with Crippen molar-refractivity contribution in [1.82, 2.24) is 9.55 Å². The number of hydrogen-bond acceptors (Lipinski definition) is 5. The minimum Gasteiger partial charge on any atom is -0.478 e. The number of hydrogen-bond donors (Lipinski definition) is 2. The molecule has 136 valence electrons. The molecule has 0 bridgehead atoms. The average Bonchev–Trinajstić information content (AvgIpc) is 3.30. The Bertz CT molecular complexity index is 1240. The van der Waals surface area contributed by atoms with Crippen molar-refractivity contribution in [3.05, 3.63) is 71.9 Å². The molecule has 0 radical (unpaired) electrons. The Kier molecular flexibility index (Phi) is 4.17. The number of nitrogens with one attached hydrogen (secondary N) is 1. The third kappa shape index (κ3) is 3.29. The molecule has 0 spiro atoms. The molecule has 0 atom stereocenters. The number of anilines is 1. The number of para-hydroxylation sites is 2. The molecule has 0 aliphatic rings. The maximum Gasteiger partial charge on any atom is 0.336 e. The van der Waals surface area contributed by atoms with E-state index in [-0.39, 0.29) is 9.77 Å². The van der Waals surface area contributed by atoms with Crippen LogP contribution in [0.5, 0.6) is 0 Å². The first-order valence-corrected chi connectivity index (χ1v) is 10.2. The quantitative estimate of drug-likeness (QED) is 0.534. The van der Waals surface area contributed by atoms with E-state index in [1.807, 2.05) is 28.8 Å². The zero-order valence-corrected chi connectivity index (χ0v) is 15.4. The van der Waals surface area contributed by atoms with Crippen molar-refractivity contribution in [2.75, 3.05) is 4.72 Å². The maximum absolute atomic E-state index is 12.4. The summed E-state index contributed by atoms with van der Waals surface area (Å²) in [7, 11) is -3.84. The number of sulfonamides is 1. The van der Waals surface area contributed by atoms with Gasteiger partial charge < -0.3 is 5.11 Å². The third-order valence-electron chi connectivity index (χ3n) is 3.94. The number of carboxylic acid groups (broad SMARTS) is 1. The molecule has 2 N–H and O–H groups in total. The fourth-order valence-electron chi connectivity index (χ4n) is 2.63. The van der Waals surface area contributed by atoms with Gasteiger partial charge in [-0.05, 0) is 42.5 Å². The van der Waals surface area contributed by atoms with Crippen molar-refractivity contribution in [2.45, 2.75) is 4.21 Å². The molecule has 2 aromatic heterocycles. The number of benzene rings is 2. The van der Waals surface area contributed by atoms with Crippen LogP contribution < -0.4 is 4.72 Å². The lowest BCUT2D eigenvalue weighted by atomic mass is 10.2. The van der Waals surface area contributed by atoms with Crippen LogP contribution in [0.2, 0.25) is 0 Å². The summed E-state index contributed by atoms with van der Waals surface area (Å²) >= 11 is 0.863. The lowest BCUT2D eigenvalue weighted by Crippen LogP contribution is -2.11. The van der Waals surface area contributed by atoms with E-state index in [2.05, 4.69) is 9.71 Å². The van der Waals surface area contributed by atoms with Gasteiger partial charge in [-0.15, -0.1) is 11.3 Å². The summed E-state index contributed by atoms with van der Waals surface area (Å²) in [4.78, 5) is 15.3. The summed E-state index contributed by atoms with van der Waals surface area (Å²) in [6.07, 6.45) is 1.71. The maximum atomic E-state index is 12.4. The van der Waals surface area contributed by atoms with E-state index >= 15 is 0 Å². The number of carboxylic acids is 1. The fraction of sp³-hybridized carbons (Fsp3) is 0. The highest BCUT2D eigenvalue weighted by Gasteiger charge is 2.19. The highest BCUT2D eigenvalue weighted by molar-refractivity contribution is 7.94. The molecule has 0 saturated heterocycles. The summed E-state index contributed by atoms with van der Waals surface area (Å²) in [5.41, 5.74) is 2.99. The SMILES string of the molecule is O=C(O)c1csc(S(=O)(=O)Nc2ccc(-n3cnc4ccccc43)cc2)c1. The fourth-order valence-corrected chi connectivity index (χ4v) is 4.84. The minimum atomic E-state index is -3.84. The molecule has 0 aliphatic heterocycles. The predicted molar refractivity (Wildman–Crippen MR) is 103 cm³/mol. The van der Waals surface area contributed by atoms with Crippen LogP contribution in [0.3, 0.4) is 0 Å². The molecule has 2 heterocycles. The average molecular weight is 399 g/mol. The van der Waals surface area contributed by atoms with E-state index in [1.165, 1.54) is 5.38 Å². The van der Waals surface area contributed by atoms with Crippen LogP contribution in [0, 0.1) is 0 Å². The van der Waals surface area contributed by atoms with E-state index in [1.54, 1.807) is 30.6 Å². The Labute approximate surface area is 158 Å². The molecule has 0 unspecified atom stereocenters. The first kappa shape index (κ1) is 17.3. The Morgan fingerprint density at radius 3 is 2.56 bits per heavy atom. The highest BCUT2D eigenvalue weighted by Crippen LogP contribution is 2.24. The number of thiophene rings is 1. The standard InChI is InChI=1S/C18H13N3O4S2/c22-18(23)12-9-17(26-10-12)27(24,25)20-13-5-7-14(8-6-13)21-11-19-15-3-1-2-4-16(15)21/h1-11,20H,(H,22,23). The van der Waals surface area contributed by atoms with Gasteiger partial charge in [-0.3, -0.25) is 9.29 Å². The summed E-state index contributed by atoms with van der Waals surface area (Å²) in [6, 6.07) is 15.7. The lowest BCUT2D eigenvalue weighted by Gasteiger charge is -2.08. The first-order valence-electron chi connectivity index (χ1n) is 7.81. The molecule has 4 aromatic rings. The van der Waals surface area contributed by atoms with Gasteiger partial charge >= 0.3 is 5.97 Å². The summed E-state index contributed by atoms with van der Waals surface area (Å²) in [5, 5.41) is 10.2. The van der Waals surface area contributed by atoms with Gasteiger partial charge in [0.2, 0.25) is 0 Å². The molecule has 27 heavy (non-hydrogen) atoms. The third-order valence-corrected chi connectivity index (χ3v) is 6.76. The smallest absolute Gasteiger partial charge is 0.336 e. The normalized spacial score (nSPS) is 11.6. The molecule has 0 amide bonds. The molecule has 4 rings (SSSR count). The second-order valence-corrected chi connectivity index (χ2v) is 8.54. The van der Waals surface area contributed by atoms with Crippen molar-refractivity contribution in [2.24, 2.45) is 0 Å². The number of imidazole rings is 1. The van der Waals surface area contributed by atoms with Crippen molar-refractivity contribution >= 4 is 44.1 Å². The molecule has 9 heteroatoms. The largest absolute Gasteiger partial charge is 0.478 e. The number of carbonyl (C=O) groups is 1. The van der Waals surface area contributed by atoms with Gasteiger partial charge in [-0.1, -0.05) is 12.1 Å². The van der Waals surface area contributed by atoms with E-state index in [4.69, 9.17) is 5.11 Å². The van der Waals surface area contributed by atoms with Gasteiger partial charge in [-0.2, -0.15) is 0 Å². The van der Waals surface area contributed by atoms with Crippen molar-refractivity contribution in [1.29, 1.82) is 0 Å². The molecule has 7 nitrogen and oxygen atoms in total. The van der Waals surface area contributed by atoms with E-state index in [0.717, 1.165) is 34.1 Å². The van der Waals surface area contributed by atoms with Gasteiger partial charge in [-0.25, -0.2) is 18.2 Å². The van der Waals surface area contributed by atoms with E-state index in [0.29, 0.717) is 5.69 Å². The van der Waals surface area contributed by atoms with E-state index < -0.39 is 16.0 Å². The van der Waals surface area contributed by atoms with Crippen LogP contribution in [-0.2, 0) is 10.0 Å². The molecule has 0 fully saturated rings.